The summed E-state index contributed by atoms with van der Waals surface area (Å²) in [5.74, 6) is -0.0684. The number of benzene rings is 1. The topological polar surface area (TPSA) is 84.2 Å². The molecule has 0 unspecified atom stereocenters. The summed E-state index contributed by atoms with van der Waals surface area (Å²) in [6.07, 6.45) is 6.06. The molecule has 4 aliphatic carbocycles. The van der Waals surface area contributed by atoms with Gasteiger partial charge in [-0.15, -0.1) is 0 Å². The Morgan fingerprint density at radius 1 is 1.26 bits per heavy atom. The van der Waals surface area contributed by atoms with Gasteiger partial charge in [0.05, 0.1) is 23.3 Å². The molecule has 1 aromatic carbocycles. The Labute approximate surface area is 186 Å². The summed E-state index contributed by atoms with van der Waals surface area (Å²) in [5, 5.41) is 17.9. The number of aromatic nitrogens is 2. The lowest BCUT2D eigenvalue weighted by Crippen LogP contribution is -2.63. The van der Waals surface area contributed by atoms with Crippen LogP contribution in [0.2, 0.25) is 5.02 Å². The Bertz CT molecular complexity index is 1040. The van der Waals surface area contributed by atoms with Gasteiger partial charge in [0.25, 0.3) is 5.56 Å². The Morgan fingerprint density at radius 2 is 1.94 bits per heavy atom. The zero-order valence-corrected chi connectivity index (χ0v) is 18.4. The summed E-state index contributed by atoms with van der Waals surface area (Å²) in [5.41, 5.74) is 0.566. The second-order valence-corrected chi connectivity index (χ2v) is 10.2. The van der Waals surface area contributed by atoms with Crippen molar-refractivity contribution in [1.29, 1.82) is 0 Å². The second-order valence-electron chi connectivity index (χ2n) is 9.81. The molecule has 7 heteroatoms. The molecule has 4 saturated carbocycles. The molecule has 1 aromatic heterocycles. The minimum atomic E-state index is -0.812. The highest BCUT2D eigenvalue weighted by molar-refractivity contribution is 6.32. The first-order valence-electron chi connectivity index (χ1n) is 11.2. The van der Waals surface area contributed by atoms with E-state index in [1.807, 2.05) is 18.2 Å². The molecule has 4 bridgehead atoms. The van der Waals surface area contributed by atoms with Crippen LogP contribution in [0.4, 0.5) is 5.69 Å². The fourth-order valence-corrected chi connectivity index (χ4v) is 6.97. The summed E-state index contributed by atoms with van der Waals surface area (Å²) < 4.78 is 1.43. The van der Waals surface area contributed by atoms with Crippen molar-refractivity contribution in [2.45, 2.75) is 50.5 Å². The molecule has 6 nitrogen and oxygen atoms in total. The summed E-state index contributed by atoms with van der Waals surface area (Å²) in [6.45, 7) is 2.72. The third-order valence-corrected chi connectivity index (χ3v) is 8.21. The first-order valence-corrected chi connectivity index (χ1v) is 11.6. The highest BCUT2D eigenvalue weighted by Crippen LogP contribution is 2.61. The lowest BCUT2D eigenvalue weighted by Gasteiger charge is -2.59. The number of carbonyl (C=O) groups is 1. The van der Waals surface area contributed by atoms with Gasteiger partial charge in [-0.3, -0.25) is 9.59 Å². The number of aliphatic carboxylic acids is 1. The van der Waals surface area contributed by atoms with Crippen molar-refractivity contribution in [3.8, 4) is 0 Å². The van der Waals surface area contributed by atoms with E-state index in [9.17, 15) is 14.7 Å². The average Bonchev–Trinajstić information content (AvgIpc) is 2.74. The Hall–Kier alpha value is -2.34. The molecule has 0 saturated heterocycles. The monoisotopic (exact) mass is 441 g/mol. The van der Waals surface area contributed by atoms with Crippen LogP contribution in [-0.2, 0) is 10.3 Å². The van der Waals surface area contributed by atoms with Crippen molar-refractivity contribution < 1.29 is 9.90 Å². The van der Waals surface area contributed by atoms with E-state index in [-0.39, 0.29) is 22.4 Å². The lowest BCUT2D eigenvalue weighted by atomic mass is 9.48. The van der Waals surface area contributed by atoms with Gasteiger partial charge in [0.2, 0.25) is 0 Å². The van der Waals surface area contributed by atoms with Crippen LogP contribution in [0.3, 0.4) is 0 Å². The van der Waals surface area contributed by atoms with Gasteiger partial charge < -0.3 is 10.4 Å². The molecular weight excluding hydrogens is 414 g/mol. The van der Waals surface area contributed by atoms with Gasteiger partial charge in [0.1, 0.15) is 5.02 Å². The Balaban J connectivity index is 1.44. The Morgan fingerprint density at radius 3 is 2.58 bits per heavy atom. The molecule has 1 heterocycles. The van der Waals surface area contributed by atoms with Crippen LogP contribution in [0.15, 0.2) is 41.3 Å². The van der Waals surface area contributed by atoms with Crippen LogP contribution in [0.5, 0.6) is 0 Å². The Kier molecular flexibility index (Phi) is 5.08. The van der Waals surface area contributed by atoms with Crippen molar-refractivity contribution in [3.63, 3.8) is 0 Å². The second kappa shape index (κ2) is 7.66. The van der Waals surface area contributed by atoms with Gasteiger partial charge in [-0.05, 0) is 61.3 Å². The molecule has 4 fully saturated rings. The number of anilines is 1. The van der Waals surface area contributed by atoms with Gasteiger partial charge in [-0.2, -0.15) is 5.10 Å². The van der Waals surface area contributed by atoms with Crippen molar-refractivity contribution >= 4 is 23.3 Å². The largest absolute Gasteiger partial charge is 0.481 e. The molecular formula is C24H28ClN3O3. The molecule has 0 aliphatic heterocycles. The molecule has 2 N–H and O–H groups in total. The maximum Gasteiger partial charge on any atom is 0.309 e. The van der Waals surface area contributed by atoms with Crippen molar-refractivity contribution in [2.24, 2.45) is 23.7 Å². The van der Waals surface area contributed by atoms with E-state index in [1.165, 1.54) is 10.2 Å². The van der Waals surface area contributed by atoms with E-state index in [2.05, 4.69) is 29.5 Å². The molecule has 164 valence electrons. The predicted molar refractivity (Wildman–Crippen MR) is 120 cm³/mol. The minimum absolute atomic E-state index is 0.0927. The van der Waals surface area contributed by atoms with Crippen LogP contribution in [-0.4, -0.2) is 27.4 Å². The number of rotatable bonds is 6. The molecule has 6 rings (SSSR count). The normalized spacial score (nSPS) is 32.1. The summed E-state index contributed by atoms with van der Waals surface area (Å²) in [6, 6.07) is 10.1. The minimum Gasteiger partial charge on any atom is -0.481 e. The molecule has 4 aliphatic rings. The fourth-order valence-electron chi connectivity index (χ4n) is 6.77. The first-order chi connectivity index (χ1) is 14.9. The van der Waals surface area contributed by atoms with Gasteiger partial charge in [-0.1, -0.05) is 48.9 Å². The highest BCUT2D eigenvalue weighted by Gasteiger charge is 2.61. The van der Waals surface area contributed by atoms with Crippen LogP contribution < -0.4 is 10.9 Å². The van der Waals surface area contributed by atoms with Gasteiger partial charge in [0, 0.05) is 6.54 Å². The van der Waals surface area contributed by atoms with Gasteiger partial charge >= 0.3 is 5.97 Å². The highest BCUT2D eigenvalue weighted by atomic mass is 35.5. The lowest BCUT2D eigenvalue weighted by molar-refractivity contribution is -0.168. The molecule has 0 amide bonds. The van der Waals surface area contributed by atoms with Crippen molar-refractivity contribution in [2.75, 3.05) is 11.9 Å². The van der Waals surface area contributed by atoms with E-state index in [1.54, 1.807) is 6.20 Å². The van der Waals surface area contributed by atoms with E-state index in [4.69, 9.17) is 11.6 Å². The number of nitrogens with zero attached hydrogens (tertiary/aromatic N) is 2. The third-order valence-electron chi connectivity index (χ3n) is 7.85. The van der Waals surface area contributed by atoms with Crippen LogP contribution >= 0.6 is 11.6 Å². The smallest absolute Gasteiger partial charge is 0.309 e. The molecule has 4 atom stereocenters. The zero-order chi connectivity index (χ0) is 21.8. The number of halogens is 1. The maximum atomic E-state index is 13.3. The molecule has 0 spiro atoms. The number of hydrogen-bond acceptors (Lipinski definition) is 4. The fraction of sp³-hybridized carbons (Fsp3) is 0.542. The third kappa shape index (κ3) is 3.36. The quantitative estimate of drug-likeness (QED) is 0.696. The molecule has 0 radical (unpaired) electrons. The van der Waals surface area contributed by atoms with E-state index >= 15 is 0 Å². The number of carboxylic acids is 1. The molecule has 31 heavy (non-hydrogen) atoms. The number of hydrogen-bond donors (Lipinski definition) is 2. The van der Waals surface area contributed by atoms with Crippen LogP contribution in [0, 0.1) is 23.7 Å². The first kappa shape index (κ1) is 20.6. The van der Waals surface area contributed by atoms with E-state index < -0.39 is 17.4 Å². The molecule has 2 aromatic rings. The average molecular weight is 442 g/mol. The summed E-state index contributed by atoms with van der Waals surface area (Å²) >= 11 is 6.51. The van der Waals surface area contributed by atoms with Gasteiger partial charge in [0.15, 0.2) is 0 Å². The van der Waals surface area contributed by atoms with Gasteiger partial charge in [-0.25, -0.2) is 4.68 Å². The summed E-state index contributed by atoms with van der Waals surface area (Å²) in [4.78, 5) is 25.6. The van der Waals surface area contributed by atoms with Crippen molar-refractivity contribution in [3.05, 3.63) is 57.5 Å². The predicted octanol–water partition coefficient (Wildman–Crippen LogP) is 4.35. The van der Waals surface area contributed by atoms with Crippen molar-refractivity contribution in [1.82, 2.24) is 9.78 Å². The number of carboxylic acid groups (broad SMARTS) is 1. The van der Waals surface area contributed by atoms with E-state index in [0.29, 0.717) is 36.9 Å². The SMILES string of the molecule is C[C@H](CNc1cnn(C23C[C@@H]4CC(C[C@H](C4)C2)[C@H]3C(=O)O)c(=O)c1Cl)c1ccccc1. The zero-order valence-electron chi connectivity index (χ0n) is 17.6. The van der Waals surface area contributed by atoms with E-state index in [0.717, 1.165) is 19.3 Å². The number of nitrogens with one attached hydrogen (secondary N) is 1. The van der Waals surface area contributed by atoms with Crippen LogP contribution in [0.25, 0.3) is 0 Å². The standard InChI is InChI=1S/C24H28ClN3O3/c1-14(17-5-3-2-4-6-17)12-26-19-13-27-28(22(29)21(19)25)24-10-15-7-16(11-24)9-18(8-15)20(24)23(30)31/h2-6,13-16,18,20,26H,7-12H2,1H3,(H,30,31)/t14-,15+,16+,18?,20+,24?/m1/s1. The van der Waals surface area contributed by atoms with Crippen LogP contribution in [0.1, 0.15) is 50.5 Å². The maximum absolute atomic E-state index is 13.3. The summed E-state index contributed by atoms with van der Waals surface area (Å²) in [7, 11) is 0.